The van der Waals surface area contributed by atoms with Crippen LogP contribution in [0.25, 0.3) is 0 Å². The smallest absolute Gasteiger partial charge is 0.320 e. The topological polar surface area (TPSA) is 85.0 Å². The van der Waals surface area contributed by atoms with Crippen LogP contribution in [0.5, 0.6) is 11.5 Å². The molecule has 44 heavy (non-hydrogen) atoms. The van der Waals surface area contributed by atoms with E-state index in [0.717, 1.165) is 44.9 Å². The number of rotatable bonds is 12. The van der Waals surface area contributed by atoms with Crippen molar-refractivity contribution in [3.63, 3.8) is 0 Å². The number of nitrogens with two attached hydrogens (primary N) is 1. The van der Waals surface area contributed by atoms with E-state index >= 15 is 0 Å². The van der Waals surface area contributed by atoms with Crippen LogP contribution in [0.15, 0.2) is 97.1 Å². The van der Waals surface area contributed by atoms with Gasteiger partial charge in [0.15, 0.2) is 0 Å². The Morgan fingerprint density at radius 2 is 1.16 bits per heavy atom. The lowest BCUT2D eigenvalue weighted by molar-refractivity contribution is -0.138. The van der Waals surface area contributed by atoms with E-state index in [-0.39, 0.29) is 13.2 Å². The Kier molecular flexibility index (Phi) is 12.0. The standard InChI is InChI=1S/C38H38N2O4/c1-29-13-3-5-15-31(29)19-11-25-43-36-21-9-7-17-33(36)27-40(24-23-35(39)38(41)42)28-34-18-8-10-22-37(34)44-26-12-20-32-16-6-4-14-30(32)2/h3-10,13-18,21-22,35H,23-28,39H2,1-2H3,(H,41,42)/t35-/m0/s1. The first-order valence-corrected chi connectivity index (χ1v) is 14.6. The van der Waals surface area contributed by atoms with Gasteiger partial charge in [-0.3, -0.25) is 9.69 Å². The molecule has 0 bridgehead atoms. The van der Waals surface area contributed by atoms with Crippen LogP contribution >= 0.6 is 0 Å². The van der Waals surface area contributed by atoms with Gasteiger partial charge in [-0.2, -0.15) is 0 Å². The molecule has 6 heteroatoms. The zero-order valence-corrected chi connectivity index (χ0v) is 25.3. The minimum absolute atomic E-state index is 0.245. The van der Waals surface area contributed by atoms with Crippen molar-refractivity contribution in [1.29, 1.82) is 0 Å². The molecule has 0 amide bonds. The van der Waals surface area contributed by atoms with Crippen LogP contribution in [0.2, 0.25) is 0 Å². The highest BCUT2D eigenvalue weighted by molar-refractivity contribution is 5.73. The van der Waals surface area contributed by atoms with Gasteiger partial charge in [0, 0.05) is 41.9 Å². The number of carboxylic acids is 1. The molecular weight excluding hydrogens is 548 g/mol. The van der Waals surface area contributed by atoms with E-state index in [9.17, 15) is 9.90 Å². The van der Waals surface area contributed by atoms with Gasteiger partial charge < -0.3 is 20.3 Å². The third kappa shape index (κ3) is 9.78. The zero-order valence-electron chi connectivity index (χ0n) is 25.3. The van der Waals surface area contributed by atoms with Gasteiger partial charge >= 0.3 is 5.97 Å². The summed E-state index contributed by atoms with van der Waals surface area (Å²) < 4.78 is 12.2. The normalized spacial score (nSPS) is 11.1. The average Bonchev–Trinajstić information content (AvgIpc) is 3.03. The number of carboxylic acid groups (broad SMARTS) is 1. The van der Waals surface area contributed by atoms with Crippen molar-refractivity contribution >= 4 is 5.97 Å². The molecule has 0 spiro atoms. The molecule has 0 aliphatic carbocycles. The van der Waals surface area contributed by atoms with Crippen LogP contribution < -0.4 is 15.2 Å². The van der Waals surface area contributed by atoms with E-state index in [0.29, 0.717) is 26.1 Å². The van der Waals surface area contributed by atoms with Crippen molar-refractivity contribution in [1.82, 2.24) is 4.90 Å². The summed E-state index contributed by atoms with van der Waals surface area (Å²) in [4.78, 5) is 13.6. The third-order valence-electron chi connectivity index (χ3n) is 7.14. The Morgan fingerprint density at radius 1 is 0.727 bits per heavy atom. The Balaban J connectivity index is 1.47. The molecule has 1 atom stereocenters. The molecule has 4 aromatic carbocycles. The molecule has 0 heterocycles. The second kappa shape index (κ2) is 16.6. The fourth-order valence-corrected chi connectivity index (χ4v) is 4.61. The summed E-state index contributed by atoms with van der Waals surface area (Å²) >= 11 is 0. The molecule has 0 radical (unpaired) electrons. The number of hydrogen-bond donors (Lipinski definition) is 2. The minimum Gasteiger partial charge on any atom is -0.481 e. The number of benzene rings is 4. The van der Waals surface area contributed by atoms with E-state index < -0.39 is 12.0 Å². The monoisotopic (exact) mass is 586 g/mol. The van der Waals surface area contributed by atoms with Crippen molar-refractivity contribution in [2.24, 2.45) is 5.73 Å². The number of hydrogen-bond acceptors (Lipinski definition) is 5. The highest BCUT2D eigenvalue weighted by atomic mass is 16.5. The number of nitrogens with zero attached hydrogens (tertiary/aromatic N) is 1. The van der Waals surface area contributed by atoms with Crippen LogP contribution in [0, 0.1) is 37.5 Å². The van der Waals surface area contributed by atoms with Crippen LogP contribution in [-0.2, 0) is 17.9 Å². The summed E-state index contributed by atoms with van der Waals surface area (Å²) in [6.07, 6.45) is 0.297. The molecule has 0 unspecified atom stereocenters. The van der Waals surface area contributed by atoms with E-state index in [4.69, 9.17) is 15.2 Å². The van der Waals surface area contributed by atoms with Crippen molar-refractivity contribution < 1.29 is 19.4 Å². The van der Waals surface area contributed by atoms with Gasteiger partial charge in [-0.15, -0.1) is 0 Å². The third-order valence-corrected chi connectivity index (χ3v) is 7.14. The largest absolute Gasteiger partial charge is 0.481 e. The quantitative estimate of drug-likeness (QED) is 0.199. The predicted octanol–water partition coefficient (Wildman–Crippen LogP) is 5.97. The number of para-hydroxylation sites is 2. The zero-order chi connectivity index (χ0) is 31.1. The molecule has 224 valence electrons. The first-order chi connectivity index (χ1) is 21.4. The molecule has 4 rings (SSSR count). The first kappa shape index (κ1) is 31.9. The number of aliphatic carboxylic acids is 1. The summed E-state index contributed by atoms with van der Waals surface area (Å²) in [7, 11) is 0. The Labute approximate surface area is 260 Å². The van der Waals surface area contributed by atoms with Crippen LogP contribution in [0.4, 0.5) is 0 Å². The van der Waals surface area contributed by atoms with Gasteiger partial charge in [0.2, 0.25) is 0 Å². The SMILES string of the molecule is Cc1ccccc1C#CCOc1ccccc1CN(CC[C@H](N)C(=O)O)Cc1ccccc1OCC#Cc1ccccc1C. The second-order valence-electron chi connectivity index (χ2n) is 10.5. The van der Waals surface area contributed by atoms with E-state index in [1.54, 1.807) is 0 Å². The summed E-state index contributed by atoms with van der Waals surface area (Å²) in [5, 5.41) is 9.39. The van der Waals surface area contributed by atoms with Crippen molar-refractivity contribution in [3.05, 3.63) is 130 Å². The highest BCUT2D eigenvalue weighted by Gasteiger charge is 2.17. The fourth-order valence-electron chi connectivity index (χ4n) is 4.61. The van der Waals surface area contributed by atoms with E-state index in [1.807, 2.05) is 111 Å². The van der Waals surface area contributed by atoms with Gasteiger partial charge in [-0.25, -0.2) is 0 Å². The molecule has 0 saturated carbocycles. The first-order valence-electron chi connectivity index (χ1n) is 14.6. The summed E-state index contributed by atoms with van der Waals surface area (Å²) in [5.74, 6) is 13.0. The molecule has 3 N–H and O–H groups in total. The maximum Gasteiger partial charge on any atom is 0.320 e. The van der Waals surface area contributed by atoms with Crippen LogP contribution in [0.1, 0.15) is 39.8 Å². The molecule has 6 nitrogen and oxygen atoms in total. The predicted molar refractivity (Wildman–Crippen MR) is 174 cm³/mol. The number of aryl methyl sites for hydroxylation is 2. The number of ether oxygens (including phenoxy) is 2. The molecule has 0 aromatic heterocycles. The molecule has 0 saturated heterocycles. The van der Waals surface area contributed by atoms with Crippen molar-refractivity contribution in [3.8, 4) is 35.2 Å². The Bertz CT molecular complexity index is 1560. The summed E-state index contributed by atoms with van der Waals surface area (Å²) in [6, 6.07) is 30.7. The summed E-state index contributed by atoms with van der Waals surface area (Å²) in [5.41, 5.74) is 12.0. The molecule has 0 fully saturated rings. The van der Waals surface area contributed by atoms with Gasteiger partial charge in [0.1, 0.15) is 30.8 Å². The lowest BCUT2D eigenvalue weighted by Crippen LogP contribution is -2.35. The maximum atomic E-state index is 11.5. The van der Waals surface area contributed by atoms with Gasteiger partial charge in [-0.1, -0.05) is 96.5 Å². The lowest BCUT2D eigenvalue weighted by atomic mass is 10.1. The molecular formula is C38H38N2O4. The Hall–Kier alpha value is -5.01. The van der Waals surface area contributed by atoms with Crippen molar-refractivity contribution in [2.75, 3.05) is 19.8 Å². The van der Waals surface area contributed by atoms with Gasteiger partial charge in [-0.05, 0) is 55.7 Å². The molecule has 0 aliphatic rings. The summed E-state index contributed by atoms with van der Waals surface area (Å²) in [6.45, 7) is 6.08. The van der Waals surface area contributed by atoms with Gasteiger partial charge in [0.05, 0.1) is 0 Å². The lowest BCUT2D eigenvalue weighted by Gasteiger charge is -2.25. The minimum atomic E-state index is -1.02. The maximum absolute atomic E-state index is 11.5. The fraction of sp³-hybridized carbons (Fsp3) is 0.237. The van der Waals surface area contributed by atoms with Crippen molar-refractivity contribution in [2.45, 2.75) is 39.4 Å². The molecule has 0 aliphatic heterocycles. The van der Waals surface area contributed by atoms with Crippen LogP contribution in [0.3, 0.4) is 0 Å². The van der Waals surface area contributed by atoms with Gasteiger partial charge in [0.25, 0.3) is 0 Å². The van der Waals surface area contributed by atoms with E-state index in [1.165, 1.54) is 0 Å². The average molecular weight is 587 g/mol. The second-order valence-corrected chi connectivity index (χ2v) is 10.5. The highest BCUT2D eigenvalue weighted by Crippen LogP contribution is 2.24. The Morgan fingerprint density at radius 3 is 1.61 bits per heavy atom. The van der Waals surface area contributed by atoms with E-state index in [2.05, 4.69) is 28.6 Å². The number of carbonyl (C=O) groups is 1. The van der Waals surface area contributed by atoms with Crippen LogP contribution in [-0.4, -0.2) is 41.8 Å². The molecule has 4 aromatic rings.